The fraction of sp³-hybridized carbons (Fsp3) is 0.667. The number of furan rings is 1. The Morgan fingerprint density at radius 2 is 2.10 bits per heavy atom. The van der Waals surface area contributed by atoms with E-state index in [1.807, 2.05) is 19.1 Å². The Kier molecular flexibility index (Phi) is 11.4. The summed E-state index contributed by atoms with van der Waals surface area (Å²) in [4.78, 5) is 4.55. The molecule has 0 aliphatic rings. The summed E-state index contributed by atoms with van der Waals surface area (Å²) in [5, 5.41) is 15.9. The van der Waals surface area contributed by atoms with Gasteiger partial charge in [-0.25, -0.2) is 0 Å². The number of rotatable bonds is 8. The molecular weight excluding hydrogens is 381 g/mol. The molecule has 3 N–H and O–H groups in total. The average Bonchev–Trinajstić information content (AvgIpc) is 2.97. The maximum atomic E-state index is 9.28. The van der Waals surface area contributed by atoms with Gasteiger partial charge in [-0.2, -0.15) is 0 Å². The van der Waals surface area contributed by atoms with E-state index in [0.29, 0.717) is 12.6 Å². The molecule has 0 radical (unpaired) electrons. The minimum Gasteiger partial charge on any atom is -0.469 e. The molecule has 122 valence electrons. The number of aliphatic imine (C=N–C) groups is 1. The number of nitrogens with one attached hydrogen (secondary N) is 2. The van der Waals surface area contributed by atoms with Crippen molar-refractivity contribution >= 4 is 29.9 Å². The van der Waals surface area contributed by atoms with E-state index in [-0.39, 0.29) is 36.6 Å². The fourth-order valence-corrected chi connectivity index (χ4v) is 1.67. The molecule has 6 heteroatoms. The molecular formula is C15H28IN3O2. The zero-order valence-electron chi connectivity index (χ0n) is 13.1. The standard InChI is InChI=1S/C15H27N3O2.HI/c1-4-12(3)17-15(18-13(5-2)11-19)16-9-8-14-7-6-10-20-14;/h6-7,10,12-13,19H,4-5,8-9,11H2,1-3H3,(H2,16,17,18);1H/t12?,13-;/m1./s1. The first kappa shape index (κ1) is 20.2. The molecule has 0 fully saturated rings. The molecule has 2 atom stereocenters. The predicted molar refractivity (Wildman–Crippen MR) is 97.3 cm³/mol. The number of nitrogens with zero attached hydrogens (tertiary/aromatic N) is 1. The van der Waals surface area contributed by atoms with Crippen LogP contribution in [0.5, 0.6) is 0 Å². The molecule has 0 amide bonds. The fourth-order valence-electron chi connectivity index (χ4n) is 1.67. The summed E-state index contributed by atoms with van der Waals surface area (Å²) in [5.74, 6) is 1.69. The van der Waals surface area contributed by atoms with Gasteiger partial charge in [0.15, 0.2) is 5.96 Å². The zero-order valence-corrected chi connectivity index (χ0v) is 15.5. The van der Waals surface area contributed by atoms with Crippen molar-refractivity contribution in [2.45, 2.75) is 52.1 Å². The Labute approximate surface area is 144 Å². The van der Waals surface area contributed by atoms with E-state index in [1.165, 1.54) is 0 Å². The van der Waals surface area contributed by atoms with Gasteiger partial charge in [-0.15, -0.1) is 24.0 Å². The number of hydrogen-bond acceptors (Lipinski definition) is 3. The lowest BCUT2D eigenvalue weighted by molar-refractivity contribution is 0.251. The van der Waals surface area contributed by atoms with Crippen LogP contribution in [0.25, 0.3) is 0 Å². The Morgan fingerprint density at radius 3 is 2.62 bits per heavy atom. The van der Waals surface area contributed by atoms with E-state index in [1.54, 1.807) is 6.26 Å². The monoisotopic (exact) mass is 409 g/mol. The lowest BCUT2D eigenvalue weighted by Crippen LogP contribution is -2.47. The second-order valence-electron chi connectivity index (χ2n) is 4.95. The minimum atomic E-state index is 0. The summed E-state index contributed by atoms with van der Waals surface area (Å²) in [6, 6.07) is 4.22. The molecule has 0 bridgehead atoms. The number of halogens is 1. The van der Waals surface area contributed by atoms with Crippen LogP contribution in [-0.4, -0.2) is 36.3 Å². The molecule has 0 spiro atoms. The van der Waals surface area contributed by atoms with Crippen LogP contribution in [0, 0.1) is 0 Å². The molecule has 1 rings (SSSR count). The van der Waals surface area contributed by atoms with Crippen LogP contribution in [0.1, 0.15) is 39.4 Å². The SMILES string of the molecule is CCC(C)NC(=NCCc1ccco1)N[C@H](CC)CO.I. The summed E-state index contributed by atoms with van der Waals surface area (Å²) < 4.78 is 5.29. The van der Waals surface area contributed by atoms with Gasteiger partial charge in [0, 0.05) is 19.0 Å². The van der Waals surface area contributed by atoms with Crippen LogP contribution in [0.4, 0.5) is 0 Å². The van der Waals surface area contributed by atoms with Crippen LogP contribution in [-0.2, 0) is 6.42 Å². The summed E-state index contributed by atoms with van der Waals surface area (Å²) in [6.45, 7) is 7.04. The second kappa shape index (κ2) is 11.9. The number of hydrogen-bond donors (Lipinski definition) is 3. The molecule has 0 aliphatic carbocycles. The largest absolute Gasteiger partial charge is 0.469 e. The van der Waals surface area contributed by atoms with Crippen LogP contribution in [0.3, 0.4) is 0 Å². The van der Waals surface area contributed by atoms with E-state index in [4.69, 9.17) is 4.42 Å². The number of aliphatic hydroxyl groups excluding tert-OH is 1. The van der Waals surface area contributed by atoms with Gasteiger partial charge in [-0.1, -0.05) is 13.8 Å². The van der Waals surface area contributed by atoms with Crippen molar-refractivity contribution in [2.24, 2.45) is 4.99 Å². The van der Waals surface area contributed by atoms with Crippen molar-refractivity contribution in [3.8, 4) is 0 Å². The van der Waals surface area contributed by atoms with Crippen LogP contribution in [0.2, 0.25) is 0 Å². The molecule has 1 unspecified atom stereocenters. The highest BCUT2D eigenvalue weighted by atomic mass is 127. The Bertz CT molecular complexity index is 378. The highest BCUT2D eigenvalue weighted by molar-refractivity contribution is 14.0. The summed E-state index contributed by atoms with van der Waals surface area (Å²) in [6.07, 6.45) is 4.33. The maximum Gasteiger partial charge on any atom is 0.191 e. The lowest BCUT2D eigenvalue weighted by atomic mass is 10.2. The highest BCUT2D eigenvalue weighted by Crippen LogP contribution is 2.01. The molecule has 0 aromatic carbocycles. The predicted octanol–water partition coefficient (Wildman–Crippen LogP) is 2.54. The molecule has 5 nitrogen and oxygen atoms in total. The molecule has 1 aromatic heterocycles. The Balaban J connectivity index is 0.00000400. The number of guanidine groups is 1. The van der Waals surface area contributed by atoms with Crippen molar-refractivity contribution in [1.29, 1.82) is 0 Å². The van der Waals surface area contributed by atoms with Gasteiger partial charge in [-0.3, -0.25) is 4.99 Å². The molecule has 1 aromatic rings. The molecule has 0 saturated heterocycles. The van der Waals surface area contributed by atoms with Gasteiger partial charge in [-0.05, 0) is 31.9 Å². The topological polar surface area (TPSA) is 69.8 Å². The van der Waals surface area contributed by atoms with E-state index in [0.717, 1.165) is 31.0 Å². The normalized spacial score (nSPS) is 14.2. The quantitative estimate of drug-likeness (QED) is 0.351. The minimum absolute atomic E-state index is 0. The van der Waals surface area contributed by atoms with Crippen molar-refractivity contribution in [3.63, 3.8) is 0 Å². The van der Waals surface area contributed by atoms with Crippen molar-refractivity contribution < 1.29 is 9.52 Å². The first-order chi connectivity index (χ1) is 9.69. The smallest absolute Gasteiger partial charge is 0.191 e. The first-order valence-corrected chi connectivity index (χ1v) is 7.40. The zero-order chi connectivity index (χ0) is 14.8. The highest BCUT2D eigenvalue weighted by Gasteiger charge is 2.09. The summed E-state index contributed by atoms with van der Waals surface area (Å²) >= 11 is 0. The molecule has 1 heterocycles. The second-order valence-corrected chi connectivity index (χ2v) is 4.95. The Morgan fingerprint density at radius 1 is 1.33 bits per heavy atom. The average molecular weight is 409 g/mol. The third-order valence-corrected chi connectivity index (χ3v) is 3.26. The van der Waals surface area contributed by atoms with Gasteiger partial charge in [0.2, 0.25) is 0 Å². The van der Waals surface area contributed by atoms with E-state index in [2.05, 4.69) is 29.5 Å². The third kappa shape index (κ3) is 8.31. The van der Waals surface area contributed by atoms with Gasteiger partial charge in [0.25, 0.3) is 0 Å². The van der Waals surface area contributed by atoms with Crippen LogP contribution < -0.4 is 10.6 Å². The maximum absolute atomic E-state index is 9.28. The van der Waals surface area contributed by atoms with Crippen LogP contribution in [0.15, 0.2) is 27.8 Å². The van der Waals surface area contributed by atoms with Crippen molar-refractivity contribution in [1.82, 2.24) is 10.6 Å². The summed E-state index contributed by atoms with van der Waals surface area (Å²) in [7, 11) is 0. The van der Waals surface area contributed by atoms with Gasteiger partial charge in [0.1, 0.15) is 5.76 Å². The van der Waals surface area contributed by atoms with E-state index in [9.17, 15) is 5.11 Å². The van der Waals surface area contributed by atoms with E-state index < -0.39 is 0 Å². The van der Waals surface area contributed by atoms with E-state index >= 15 is 0 Å². The Hall–Kier alpha value is -0.760. The van der Waals surface area contributed by atoms with Crippen molar-refractivity contribution in [2.75, 3.05) is 13.2 Å². The molecule has 21 heavy (non-hydrogen) atoms. The third-order valence-electron chi connectivity index (χ3n) is 3.26. The number of aliphatic hydroxyl groups is 1. The summed E-state index contributed by atoms with van der Waals surface area (Å²) in [5.41, 5.74) is 0. The van der Waals surface area contributed by atoms with Crippen molar-refractivity contribution in [3.05, 3.63) is 24.2 Å². The molecule has 0 saturated carbocycles. The molecule has 0 aliphatic heterocycles. The van der Waals surface area contributed by atoms with Crippen LogP contribution >= 0.6 is 24.0 Å². The van der Waals surface area contributed by atoms with Gasteiger partial charge in [0.05, 0.1) is 18.9 Å². The van der Waals surface area contributed by atoms with Gasteiger partial charge >= 0.3 is 0 Å². The first-order valence-electron chi connectivity index (χ1n) is 7.40. The van der Waals surface area contributed by atoms with Gasteiger partial charge < -0.3 is 20.2 Å². The lowest BCUT2D eigenvalue weighted by Gasteiger charge is -2.21.